The molecule has 3 aromatic carbocycles. The highest BCUT2D eigenvalue weighted by molar-refractivity contribution is 7.09. The van der Waals surface area contributed by atoms with Crippen molar-refractivity contribution in [1.82, 2.24) is 9.36 Å². The third-order valence-corrected chi connectivity index (χ3v) is 6.78. The molecule has 0 fully saturated rings. The lowest BCUT2D eigenvalue weighted by atomic mass is 10.1. The summed E-state index contributed by atoms with van der Waals surface area (Å²) in [5, 5.41) is 1.05. The van der Waals surface area contributed by atoms with Crippen LogP contribution in [0.2, 0.25) is 0 Å². The van der Waals surface area contributed by atoms with E-state index in [4.69, 9.17) is 9.47 Å². The molecule has 0 saturated heterocycles. The van der Waals surface area contributed by atoms with Crippen LogP contribution in [-0.4, -0.2) is 9.36 Å². The van der Waals surface area contributed by atoms with E-state index < -0.39 is 0 Å². The minimum absolute atomic E-state index is 0.0209. The summed E-state index contributed by atoms with van der Waals surface area (Å²) in [5.41, 5.74) is 4.22. The van der Waals surface area contributed by atoms with Gasteiger partial charge in [0.2, 0.25) is 0 Å². The van der Waals surface area contributed by atoms with Gasteiger partial charge in [-0.1, -0.05) is 41.9 Å². The van der Waals surface area contributed by atoms with Gasteiger partial charge in [-0.15, -0.1) is 0 Å². The number of hydrogen-bond donors (Lipinski definition) is 1. The molecule has 5 aromatic rings. The van der Waals surface area contributed by atoms with Gasteiger partial charge in [-0.2, -0.15) is 0 Å². The highest BCUT2D eigenvalue weighted by Crippen LogP contribution is 2.41. The molecule has 6 heteroatoms. The second-order valence-corrected chi connectivity index (χ2v) is 8.88. The van der Waals surface area contributed by atoms with Gasteiger partial charge in [0.1, 0.15) is 23.4 Å². The lowest BCUT2D eigenvalue weighted by Crippen LogP contribution is -2.03. The standard InChI is InChI=1S/C27H20N2O3S/c30-27-15-26(33-29-27)17-8-10-19(11-9-17)31-25-13-12-22-21(25)5-3-7-24(22)32-20-14-18-4-1-2-6-23(18)28-16-20/h1-11,14-16,25H,12-13H2,(H,29,30)/t25-/m1/s1. The second kappa shape index (κ2) is 8.22. The van der Waals surface area contributed by atoms with Crippen LogP contribution in [0.1, 0.15) is 23.7 Å². The SMILES string of the molecule is O=c1cc(-c2ccc(O[C@@H]3CCc4c(Oc5cnc6ccccc6c5)cccc43)cc2)s[nH]1. The highest BCUT2D eigenvalue weighted by Gasteiger charge is 2.27. The quantitative estimate of drug-likeness (QED) is 0.330. The van der Waals surface area contributed by atoms with Crippen LogP contribution in [-0.2, 0) is 6.42 Å². The summed E-state index contributed by atoms with van der Waals surface area (Å²) in [5.74, 6) is 2.40. The summed E-state index contributed by atoms with van der Waals surface area (Å²) in [6.45, 7) is 0. The Kier molecular flexibility index (Phi) is 4.92. The second-order valence-electron chi connectivity index (χ2n) is 8.04. The lowest BCUT2D eigenvalue weighted by Gasteiger charge is -2.16. The van der Waals surface area contributed by atoms with Crippen molar-refractivity contribution in [2.45, 2.75) is 18.9 Å². The van der Waals surface area contributed by atoms with Crippen molar-refractivity contribution in [3.8, 4) is 27.7 Å². The number of H-pyrrole nitrogens is 1. The van der Waals surface area contributed by atoms with Crippen molar-refractivity contribution in [3.05, 3.63) is 107 Å². The third kappa shape index (κ3) is 3.90. The van der Waals surface area contributed by atoms with Gasteiger partial charge in [-0.05, 0) is 66.4 Å². The fraction of sp³-hybridized carbons (Fsp3) is 0.111. The summed E-state index contributed by atoms with van der Waals surface area (Å²) in [4.78, 5) is 16.8. The van der Waals surface area contributed by atoms with E-state index in [1.165, 1.54) is 17.1 Å². The monoisotopic (exact) mass is 452 g/mol. The van der Waals surface area contributed by atoms with E-state index in [1.54, 1.807) is 12.3 Å². The number of para-hydroxylation sites is 1. The van der Waals surface area contributed by atoms with Crippen LogP contribution >= 0.6 is 11.5 Å². The average molecular weight is 453 g/mol. The molecule has 0 saturated carbocycles. The molecule has 1 aliphatic carbocycles. The molecule has 162 valence electrons. The highest BCUT2D eigenvalue weighted by atomic mass is 32.1. The van der Waals surface area contributed by atoms with Crippen molar-refractivity contribution in [2.75, 3.05) is 0 Å². The molecule has 33 heavy (non-hydrogen) atoms. The van der Waals surface area contributed by atoms with Gasteiger partial charge < -0.3 is 9.47 Å². The van der Waals surface area contributed by atoms with Gasteiger partial charge >= 0.3 is 0 Å². The normalized spacial score (nSPS) is 14.8. The Bertz CT molecular complexity index is 1500. The maximum absolute atomic E-state index is 11.4. The van der Waals surface area contributed by atoms with Gasteiger partial charge in [0.25, 0.3) is 5.56 Å². The molecule has 0 radical (unpaired) electrons. The van der Waals surface area contributed by atoms with Crippen molar-refractivity contribution in [3.63, 3.8) is 0 Å². The summed E-state index contributed by atoms with van der Waals surface area (Å²) in [6, 6.07) is 25.7. The van der Waals surface area contributed by atoms with Crippen molar-refractivity contribution in [1.29, 1.82) is 0 Å². The first-order chi connectivity index (χ1) is 16.2. The predicted octanol–water partition coefficient (Wildman–Crippen LogP) is 6.51. The van der Waals surface area contributed by atoms with Crippen LogP contribution in [0.5, 0.6) is 17.2 Å². The topological polar surface area (TPSA) is 64.2 Å². The summed E-state index contributed by atoms with van der Waals surface area (Å²) in [7, 11) is 0. The van der Waals surface area contributed by atoms with E-state index in [2.05, 4.69) is 15.4 Å². The maximum atomic E-state index is 11.4. The zero-order chi connectivity index (χ0) is 22.2. The Morgan fingerprint density at radius 1 is 0.939 bits per heavy atom. The van der Waals surface area contributed by atoms with E-state index in [0.29, 0.717) is 0 Å². The molecule has 5 nitrogen and oxygen atoms in total. The van der Waals surface area contributed by atoms with Gasteiger partial charge in [0, 0.05) is 17.0 Å². The first-order valence-corrected chi connectivity index (χ1v) is 11.6. The molecule has 1 N–H and O–H groups in total. The molecule has 0 amide bonds. The number of rotatable bonds is 5. The van der Waals surface area contributed by atoms with Gasteiger partial charge in [-0.25, -0.2) is 0 Å². The number of nitrogens with one attached hydrogen (secondary N) is 1. The molecule has 1 atom stereocenters. The number of aromatic amines is 1. The van der Waals surface area contributed by atoms with E-state index in [0.717, 1.165) is 57.0 Å². The summed E-state index contributed by atoms with van der Waals surface area (Å²) in [6.07, 6.45) is 3.54. The molecule has 2 heterocycles. The van der Waals surface area contributed by atoms with E-state index >= 15 is 0 Å². The smallest absolute Gasteiger partial charge is 0.258 e. The maximum Gasteiger partial charge on any atom is 0.258 e. The lowest BCUT2D eigenvalue weighted by molar-refractivity contribution is 0.207. The Hall–Kier alpha value is -3.90. The molecule has 6 rings (SSSR count). The predicted molar refractivity (Wildman–Crippen MR) is 130 cm³/mol. The van der Waals surface area contributed by atoms with Crippen LogP contribution in [0.15, 0.2) is 89.9 Å². The first kappa shape index (κ1) is 19.8. The molecular formula is C27H20N2O3S. The number of benzene rings is 3. The minimum atomic E-state index is -0.0737. The molecule has 1 aliphatic rings. The summed E-state index contributed by atoms with van der Waals surface area (Å²) >= 11 is 1.34. The van der Waals surface area contributed by atoms with Gasteiger partial charge in [0.15, 0.2) is 0 Å². The average Bonchev–Trinajstić information content (AvgIpc) is 3.47. The Morgan fingerprint density at radius 3 is 2.67 bits per heavy atom. The fourth-order valence-electron chi connectivity index (χ4n) is 4.32. The van der Waals surface area contributed by atoms with Crippen LogP contribution in [0.25, 0.3) is 21.3 Å². The van der Waals surface area contributed by atoms with Crippen molar-refractivity contribution >= 4 is 22.4 Å². The van der Waals surface area contributed by atoms with E-state index in [9.17, 15) is 4.79 Å². The number of pyridine rings is 1. The Balaban J connectivity index is 1.22. The number of hydrogen-bond acceptors (Lipinski definition) is 5. The Morgan fingerprint density at radius 2 is 1.82 bits per heavy atom. The van der Waals surface area contributed by atoms with Gasteiger partial charge in [-0.3, -0.25) is 14.2 Å². The van der Waals surface area contributed by atoms with Gasteiger partial charge in [0.05, 0.1) is 16.6 Å². The van der Waals surface area contributed by atoms with Crippen LogP contribution in [0, 0.1) is 0 Å². The molecule has 2 aromatic heterocycles. The van der Waals surface area contributed by atoms with Crippen molar-refractivity contribution < 1.29 is 9.47 Å². The fourth-order valence-corrected chi connectivity index (χ4v) is 5.01. The Labute approximate surface area is 194 Å². The summed E-state index contributed by atoms with van der Waals surface area (Å²) < 4.78 is 15.3. The zero-order valence-electron chi connectivity index (χ0n) is 17.7. The first-order valence-electron chi connectivity index (χ1n) is 10.8. The molecule has 0 aliphatic heterocycles. The number of ether oxygens (including phenoxy) is 2. The molecule has 0 bridgehead atoms. The third-order valence-electron chi connectivity index (χ3n) is 5.91. The van der Waals surface area contributed by atoms with Crippen LogP contribution < -0.4 is 15.0 Å². The number of nitrogens with zero attached hydrogens (tertiary/aromatic N) is 1. The van der Waals surface area contributed by atoms with Crippen LogP contribution in [0.4, 0.5) is 0 Å². The molecule has 0 spiro atoms. The zero-order valence-corrected chi connectivity index (χ0v) is 18.5. The largest absolute Gasteiger partial charge is 0.486 e. The van der Waals surface area contributed by atoms with E-state index in [-0.39, 0.29) is 11.7 Å². The number of fused-ring (bicyclic) bond motifs is 2. The minimum Gasteiger partial charge on any atom is -0.486 e. The number of aromatic nitrogens is 2. The molecule has 0 unspecified atom stereocenters. The van der Waals surface area contributed by atoms with E-state index in [1.807, 2.05) is 66.7 Å². The van der Waals surface area contributed by atoms with Crippen LogP contribution in [0.3, 0.4) is 0 Å². The van der Waals surface area contributed by atoms with Crippen molar-refractivity contribution in [2.24, 2.45) is 0 Å². The molecular weight excluding hydrogens is 432 g/mol.